The summed E-state index contributed by atoms with van der Waals surface area (Å²) in [5.74, 6) is 2.16. The normalized spacial score (nSPS) is 23.4. The summed E-state index contributed by atoms with van der Waals surface area (Å²) in [5.41, 5.74) is 9.51. The summed E-state index contributed by atoms with van der Waals surface area (Å²) in [6.45, 7) is 5.87. The average molecular weight is 497 g/mol. The van der Waals surface area contributed by atoms with Crippen LogP contribution in [-0.2, 0) is 0 Å². The molecule has 0 amide bonds. The average Bonchev–Trinajstić information content (AvgIpc) is 3.32. The Morgan fingerprint density at radius 2 is 1.57 bits per heavy atom. The molecule has 0 radical (unpaired) electrons. The Balaban J connectivity index is 1.23. The van der Waals surface area contributed by atoms with Gasteiger partial charge in [0.1, 0.15) is 29.3 Å². The number of para-hydroxylation sites is 1. The van der Waals surface area contributed by atoms with E-state index in [2.05, 4.69) is 51.7 Å². The summed E-state index contributed by atoms with van der Waals surface area (Å²) in [6.07, 6.45) is 8.59. The molecule has 2 N–H and O–H groups in total. The number of nitrogen functional groups attached to an aromatic ring is 1. The fraction of sp³-hybridized carbons (Fsp3) is 0.400. The van der Waals surface area contributed by atoms with Crippen LogP contribution >= 0.6 is 0 Å². The Bertz CT molecular complexity index is 1340. The minimum Gasteiger partial charge on any atom is -0.457 e. The van der Waals surface area contributed by atoms with Crippen molar-refractivity contribution in [3.8, 4) is 22.6 Å². The van der Waals surface area contributed by atoms with Gasteiger partial charge in [0.05, 0.1) is 5.39 Å². The van der Waals surface area contributed by atoms with Gasteiger partial charge in [0.15, 0.2) is 0 Å². The Hall–Kier alpha value is -3.42. The van der Waals surface area contributed by atoms with Crippen LogP contribution in [0.1, 0.15) is 38.6 Å². The molecular weight excluding hydrogens is 460 g/mol. The Morgan fingerprint density at radius 3 is 2.30 bits per heavy atom. The lowest BCUT2D eigenvalue weighted by Crippen LogP contribution is -2.54. The zero-order valence-corrected chi connectivity index (χ0v) is 21.8. The van der Waals surface area contributed by atoms with Crippen LogP contribution in [0.15, 0.2) is 67.1 Å². The van der Waals surface area contributed by atoms with Gasteiger partial charge in [-0.3, -0.25) is 4.90 Å². The quantitative estimate of drug-likeness (QED) is 0.388. The first-order valence-corrected chi connectivity index (χ1v) is 13.5. The number of nitrogens with zero attached hydrogens (tertiary/aromatic N) is 5. The molecule has 1 saturated carbocycles. The van der Waals surface area contributed by atoms with Gasteiger partial charge in [0.25, 0.3) is 0 Å². The Morgan fingerprint density at radius 1 is 0.865 bits per heavy atom. The SMILES string of the molecule is C[C@H]1CN([C@H]2CC[C@H](n3cc(-c4ccc(Oc5ccccc5)cc4)c4c(N)ncnc43)CC2)CCN1C. The first-order chi connectivity index (χ1) is 18.1. The molecule has 1 aliphatic carbocycles. The van der Waals surface area contributed by atoms with E-state index in [4.69, 9.17) is 15.5 Å². The first-order valence-electron chi connectivity index (χ1n) is 13.5. The van der Waals surface area contributed by atoms with E-state index < -0.39 is 0 Å². The molecule has 37 heavy (non-hydrogen) atoms. The summed E-state index contributed by atoms with van der Waals surface area (Å²) in [4.78, 5) is 14.2. The van der Waals surface area contributed by atoms with Gasteiger partial charge in [0, 0.05) is 49.5 Å². The van der Waals surface area contributed by atoms with E-state index >= 15 is 0 Å². The molecule has 6 rings (SSSR count). The number of benzene rings is 2. The number of hydrogen-bond donors (Lipinski definition) is 1. The van der Waals surface area contributed by atoms with Crippen molar-refractivity contribution >= 4 is 16.9 Å². The molecule has 7 heteroatoms. The topological polar surface area (TPSA) is 72.4 Å². The summed E-state index contributed by atoms with van der Waals surface area (Å²) in [6, 6.07) is 19.8. The number of ether oxygens (including phenoxy) is 1. The van der Waals surface area contributed by atoms with Crippen LogP contribution < -0.4 is 10.5 Å². The van der Waals surface area contributed by atoms with Crippen LogP contribution in [0.3, 0.4) is 0 Å². The van der Waals surface area contributed by atoms with E-state index in [-0.39, 0.29) is 0 Å². The highest BCUT2D eigenvalue weighted by Gasteiger charge is 2.31. The van der Waals surface area contributed by atoms with E-state index in [0.717, 1.165) is 53.0 Å². The third-order valence-electron chi connectivity index (χ3n) is 8.35. The smallest absolute Gasteiger partial charge is 0.146 e. The summed E-state index contributed by atoms with van der Waals surface area (Å²) < 4.78 is 8.35. The van der Waals surface area contributed by atoms with Gasteiger partial charge in [-0.05, 0) is 69.5 Å². The van der Waals surface area contributed by atoms with E-state index in [1.807, 2.05) is 42.5 Å². The molecule has 2 fully saturated rings. The third kappa shape index (κ3) is 4.81. The second-order valence-corrected chi connectivity index (χ2v) is 10.6. The van der Waals surface area contributed by atoms with Gasteiger partial charge in [-0.25, -0.2) is 9.97 Å². The van der Waals surface area contributed by atoms with Crippen molar-refractivity contribution in [1.82, 2.24) is 24.3 Å². The predicted octanol–water partition coefficient (Wildman–Crippen LogP) is 5.59. The number of rotatable bonds is 5. The predicted molar refractivity (Wildman–Crippen MR) is 149 cm³/mol. The van der Waals surface area contributed by atoms with E-state index in [1.165, 1.54) is 25.9 Å². The molecule has 1 atom stereocenters. The van der Waals surface area contributed by atoms with Crippen molar-refractivity contribution in [2.45, 2.75) is 50.7 Å². The van der Waals surface area contributed by atoms with E-state index in [9.17, 15) is 0 Å². The molecule has 0 unspecified atom stereocenters. The van der Waals surface area contributed by atoms with E-state index in [1.54, 1.807) is 6.33 Å². The largest absolute Gasteiger partial charge is 0.457 e. The van der Waals surface area contributed by atoms with Gasteiger partial charge >= 0.3 is 0 Å². The molecule has 2 aromatic carbocycles. The van der Waals surface area contributed by atoms with Crippen LogP contribution in [0.4, 0.5) is 5.82 Å². The number of piperazine rings is 1. The summed E-state index contributed by atoms with van der Waals surface area (Å²) >= 11 is 0. The standard InChI is InChI=1S/C30H36N6O/c1-21-18-35(17-16-34(21)2)23-10-12-24(13-11-23)36-19-27(28-29(31)32-20-33-30(28)36)22-8-14-26(15-9-22)37-25-6-4-3-5-7-25/h3-9,14-15,19-21,23-24H,10-13,16-18H2,1-2H3,(H2,31,32,33)/t21-,23-,24-/m0/s1. The maximum atomic E-state index is 6.41. The molecule has 192 valence electrons. The monoisotopic (exact) mass is 496 g/mol. The van der Waals surface area contributed by atoms with Gasteiger partial charge in [-0.15, -0.1) is 0 Å². The number of hydrogen-bond acceptors (Lipinski definition) is 6. The zero-order valence-electron chi connectivity index (χ0n) is 21.8. The number of anilines is 1. The lowest BCUT2D eigenvalue weighted by molar-refractivity contribution is 0.0519. The van der Waals surface area contributed by atoms with Crippen molar-refractivity contribution in [1.29, 1.82) is 0 Å². The van der Waals surface area contributed by atoms with Crippen LogP contribution in [0.5, 0.6) is 11.5 Å². The first kappa shape index (κ1) is 23.9. The highest BCUT2D eigenvalue weighted by atomic mass is 16.5. The van der Waals surface area contributed by atoms with Gasteiger partial charge in [-0.2, -0.15) is 0 Å². The van der Waals surface area contributed by atoms with E-state index in [0.29, 0.717) is 23.9 Å². The number of fused-ring (bicyclic) bond motifs is 1. The van der Waals surface area contributed by atoms with Crippen molar-refractivity contribution < 1.29 is 4.74 Å². The summed E-state index contributed by atoms with van der Waals surface area (Å²) in [5, 5.41) is 0.939. The molecular formula is C30H36N6O. The molecule has 2 aromatic heterocycles. The molecule has 7 nitrogen and oxygen atoms in total. The lowest BCUT2D eigenvalue weighted by atomic mass is 9.89. The number of aromatic nitrogens is 3. The van der Waals surface area contributed by atoms with Gasteiger partial charge in [-0.1, -0.05) is 30.3 Å². The molecule has 1 saturated heterocycles. The minimum atomic E-state index is 0.423. The molecule has 0 spiro atoms. The maximum absolute atomic E-state index is 6.41. The van der Waals surface area contributed by atoms with Crippen LogP contribution in [0.25, 0.3) is 22.2 Å². The van der Waals surface area contributed by atoms with Crippen molar-refractivity contribution in [2.24, 2.45) is 0 Å². The highest BCUT2D eigenvalue weighted by molar-refractivity contribution is 6.00. The fourth-order valence-corrected chi connectivity index (χ4v) is 6.04. The second-order valence-electron chi connectivity index (χ2n) is 10.6. The molecule has 1 aliphatic heterocycles. The summed E-state index contributed by atoms with van der Waals surface area (Å²) in [7, 11) is 2.24. The molecule has 0 bridgehead atoms. The fourth-order valence-electron chi connectivity index (χ4n) is 6.04. The Labute approximate surface area is 218 Å². The van der Waals surface area contributed by atoms with Crippen molar-refractivity contribution in [3.05, 3.63) is 67.1 Å². The Kier molecular flexibility index (Phi) is 6.57. The van der Waals surface area contributed by atoms with Gasteiger partial charge in [0.2, 0.25) is 0 Å². The van der Waals surface area contributed by atoms with Crippen LogP contribution in [-0.4, -0.2) is 63.1 Å². The maximum Gasteiger partial charge on any atom is 0.146 e. The van der Waals surface area contributed by atoms with Crippen molar-refractivity contribution in [3.63, 3.8) is 0 Å². The third-order valence-corrected chi connectivity index (χ3v) is 8.35. The number of likely N-dealkylation sites (N-methyl/N-ethyl adjacent to an activating group) is 1. The molecule has 2 aliphatic rings. The number of nitrogens with two attached hydrogens (primary N) is 1. The van der Waals surface area contributed by atoms with Gasteiger partial charge < -0.3 is 19.9 Å². The second kappa shape index (κ2) is 10.1. The van der Waals surface area contributed by atoms with Crippen LogP contribution in [0, 0.1) is 0 Å². The lowest BCUT2D eigenvalue weighted by Gasteiger charge is -2.44. The highest BCUT2D eigenvalue weighted by Crippen LogP contribution is 2.39. The molecule has 4 aromatic rings. The van der Waals surface area contributed by atoms with Crippen LogP contribution in [0.2, 0.25) is 0 Å². The zero-order chi connectivity index (χ0) is 25.4. The molecule has 3 heterocycles. The minimum absolute atomic E-state index is 0.423. The van der Waals surface area contributed by atoms with Crippen molar-refractivity contribution in [2.75, 3.05) is 32.4 Å².